The maximum Gasteiger partial charge on any atom is 0.343 e. The number of aromatic hydroxyl groups is 1. The summed E-state index contributed by atoms with van der Waals surface area (Å²) in [5.74, 6) is -0.452. The van der Waals surface area contributed by atoms with Gasteiger partial charge in [0.15, 0.2) is 0 Å². The van der Waals surface area contributed by atoms with Crippen LogP contribution in [-0.4, -0.2) is 22.7 Å². The molecule has 0 spiro atoms. The van der Waals surface area contributed by atoms with Gasteiger partial charge < -0.3 is 9.84 Å². The van der Waals surface area contributed by atoms with Crippen LogP contribution in [0.5, 0.6) is 5.88 Å². The van der Waals surface area contributed by atoms with Crippen molar-refractivity contribution in [3.05, 3.63) is 35.4 Å². The molecule has 100 valence electrons. The van der Waals surface area contributed by atoms with Gasteiger partial charge in [0.1, 0.15) is 5.56 Å². The van der Waals surface area contributed by atoms with Crippen LogP contribution in [0.2, 0.25) is 0 Å². The summed E-state index contributed by atoms with van der Waals surface area (Å²) in [5, 5.41) is 10.6. The molecule has 0 radical (unpaired) electrons. The minimum atomic E-state index is -0.553. The fraction of sp³-hybridized carbons (Fsp3) is 0.333. The monoisotopic (exact) mass is 259 g/mol. The molecule has 1 heterocycles. The normalized spacial score (nSPS) is 10.9. The van der Waals surface area contributed by atoms with Crippen molar-refractivity contribution in [1.29, 1.82) is 0 Å². The van der Waals surface area contributed by atoms with E-state index in [0.717, 1.165) is 10.9 Å². The molecule has 2 aromatic rings. The molecule has 0 saturated carbocycles. The number of ether oxygens (including phenoxy) is 1. The first kappa shape index (κ1) is 13.3. The summed E-state index contributed by atoms with van der Waals surface area (Å²) >= 11 is 0. The largest absolute Gasteiger partial charge is 0.493 e. The molecule has 0 atom stereocenters. The number of hydrogen-bond acceptors (Lipinski definition) is 4. The number of benzene rings is 1. The molecule has 2 rings (SSSR count). The number of carbonyl (C=O) groups is 1. The van der Waals surface area contributed by atoms with Gasteiger partial charge in [0, 0.05) is 5.39 Å². The number of carbonyl (C=O) groups excluding carboxylic acids is 1. The van der Waals surface area contributed by atoms with E-state index in [9.17, 15) is 9.90 Å². The summed E-state index contributed by atoms with van der Waals surface area (Å²) in [4.78, 5) is 15.7. The minimum Gasteiger partial charge on any atom is -0.493 e. The third-order valence-electron chi connectivity index (χ3n) is 2.98. The molecule has 4 nitrogen and oxygen atoms in total. The highest BCUT2D eigenvalue weighted by molar-refractivity contribution is 5.96. The average molecular weight is 259 g/mol. The Morgan fingerprint density at radius 3 is 2.74 bits per heavy atom. The third-order valence-corrected chi connectivity index (χ3v) is 2.98. The second kappa shape index (κ2) is 5.26. The maximum absolute atomic E-state index is 11.7. The van der Waals surface area contributed by atoms with E-state index in [-0.39, 0.29) is 18.1 Å². The smallest absolute Gasteiger partial charge is 0.343 e. The quantitative estimate of drug-likeness (QED) is 0.860. The molecule has 0 aliphatic heterocycles. The average Bonchev–Trinajstić information content (AvgIpc) is 2.37. The van der Waals surface area contributed by atoms with E-state index in [1.165, 1.54) is 0 Å². The molecule has 0 amide bonds. The van der Waals surface area contributed by atoms with E-state index >= 15 is 0 Å². The Labute approximate surface area is 112 Å². The molecule has 19 heavy (non-hydrogen) atoms. The highest BCUT2D eigenvalue weighted by Crippen LogP contribution is 2.25. The summed E-state index contributed by atoms with van der Waals surface area (Å²) in [5.41, 5.74) is 1.92. The predicted octanol–water partition coefficient (Wildman–Crippen LogP) is 3.24. The lowest BCUT2D eigenvalue weighted by atomic mass is 10.0. The SMILES string of the molecule is CCOC(=O)c1cc2ccc(C(C)C)cc2nc1O. The zero-order valence-corrected chi connectivity index (χ0v) is 11.3. The van der Waals surface area contributed by atoms with Crippen molar-refractivity contribution >= 4 is 16.9 Å². The topological polar surface area (TPSA) is 59.4 Å². The molecule has 0 saturated heterocycles. The van der Waals surface area contributed by atoms with Gasteiger partial charge in [-0.2, -0.15) is 0 Å². The number of pyridine rings is 1. The molecular formula is C15H17NO3. The van der Waals surface area contributed by atoms with Crippen LogP contribution >= 0.6 is 0 Å². The van der Waals surface area contributed by atoms with Gasteiger partial charge >= 0.3 is 5.97 Å². The molecule has 1 aromatic heterocycles. The Kier molecular flexibility index (Phi) is 3.69. The number of rotatable bonds is 3. The van der Waals surface area contributed by atoms with Gasteiger partial charge in [-0.1, -0.05) is 26.0 Å². The Morgan fingerprint density at radius 1 is 1.37 bits per heavy atom. The Bertz CT molecular complexity index is 620. The maximum atomic E-state index is 11.7. The Balaban J connectivity index is 2.52. The van der Waals surface area contributed by atoms with Crippen molar-refractivity contribution in [3.63, 3.8) is 0 Å². The van der Waals surface area contributed by atoms with Gasteiger partial charge in [-0.15, -0.1) is 0 Å². The lowest BCUT2D eigenvalue weighted by Crippen LogP contribution is -2.05. The summed E-state index contributed by atoms with van der Waals surface area (Å²) in [6, 6.07) is 7.44. The number of esters is 1. The standard InChI is InChI=1S/C15H17NO3/c1-4-19-15(18)12-7-11-6-5-10(9(2)3)8-13(11)16-14(12)17/h5-9H,4H2,1-3H3,(H,16,17). The molecule has 0 bridgehead atoms. The van der Waals surface area contributed by atoms with E-state index in [1.54, 1.807) is 13.0 Å². The van der Waals surface area contributed by atoms with Crippen LogP contribution in [0.25, 0.3) is 10.9 Å². The van der Waals surface area contributed by atoms with Crippen molar-refractivity contribution < 1.29 is 14.6 Å². The molecular weight excluding hydrogens is 242 g/mol. The van der Waals surface area contributed by atoms with Crippen molar-refractivity contribution in [2.24, 2.45) is 0 Å². The van der Waals surface area contributed by atoms with E-state index in [1.807, 2.05) is 18.2 Å². The van der Waals surface area contributed by atoms with Crippen LogP contribution in [0.3, 0.4) is 0 Å². The van der Waals surface area contributed by atoms with Crippen LogP contribution in [-0.2, 0) is 4.74 Å². The zero-order valence-electron chi connectivity index (χ0n) is 11.3. The lowest BCUT2D eigenvalue weighted by Gasteiger charge is -2.09. The number of nitrogens with zero attached hydrogens (tertiary/aromatic N) is 1. The van der Waals surface area contributed by atoms with Crippen LogP contribution < -0.4 is 0 Å². The summed E-state index contributed by atoms with van der Waals surface area (Å²) in [7, 11) is 0. The van der Waals surface area contributed by atoms with Gasteiger partial charge in [0.2, 0.25) is 5.88 Å². The van der Waals surface area contributed by atoms with Crippen LogP contribution in [0, 0.1) is 0 Å². The van der Waals surface area contributed by atoms with Crippen LogP contribution in [0.4, 0.5) is 0 Å². The number of aromatic nitrogens is 1. The Morgan fingerprint density at radius 2 is 2.11 bits per heavy atom. The van der Waals surface area contributed by atoms with Gasteiger partial charge in [0.05, 0.1) is 12.1 Å². The van der Waals surface area contributed by atoms with E-state index in [4.69, 9.17) is 4.74 Å². The minimum absolute atomic E-state index is 0.103. The van der Waals surface area contributed by atoms with Gasteiger partial charge in [-0.3, -0.25) is 0 Å². The lowest BCUT2D eigenvalue weighted by molar-refractivity contribution is 0.0522. The number of fused-ring (bicyclic) bond motifs is 1. The molecule has 0 aliphatic rings. The zero-order chi connectivity index (χ0) is 14.0. The van der Waals surface area contributed by atoms with Gasteiger partial charge in [0.25, 0.3) is 0 Å². The molecule has 0 aliphatic carbocycles. The van der Waals surface area contributed by atoms with Crippen molar-refractivity contribution in [2.75, 3.05) is 6.61 Å². The van der Waals surface area contributed by atoms with Crippen molar-refractivity contribution in [2.45, 2.75) is 26.7 Å². The highest BCUT2D eigenvalue weighted by Gasteiger charge is 2.15. The Hall–Kier alpha value is -2.10. The first-order valence-corrected chi connectivity index (χ1v) is 6.33. The van der Waals surface area contributed by atoms with E-state index in [0.29, 0.717) is 11.4 Å². The van der Waals surface area contributed by atoms with E-state index < -0.39 is 5.97 Å². The fourth-order valence-electron chi connectivity index (χ4n) is 1.89. The summed E-state index contributed by atoms with van der Waals surface area (Å²) in [6.07, 6.45) is 0. The fourth-order valence-corrected chi connectivity index (χ4v) is 1.89. The highest BCUT2D eigenvalue weighted by atomic mass is 16.5. The van der Waals surface area contributed by atoms with Gasteiger partial charge in [-0.25, -0.2) is 9.78 Å². The molecule has 0 fully saturated rings. The number of hydrogen-bond donors (Lipinski definition) is 1. The molecule has 0 unspecified atom stereocenters. The van der Waals surface area contributed by atoms with E-state index in [2.05, 4.69) is 18.8 Å². The summed E-state index contributed by atoms with van der Waals surface area (Å²) < 4.78 is 4.88. The van der Waals surface area contributed by atoms with Crippen LogP contribution in [0.15, 0.2) is 24.3 Å². The molecule has 4 heteroatoms. The third kappa shape index (κ3) is 2.67. The van der Waals surface area contributed by atoms with Crippen molar-refractivity contribution in [3.8, 4) is 5.88 Å². The van der Waals surface area contributed by atoms with Crippen molar-refractivity contribution in [1.82, 2.24) is 4.98 Å². The predicted molar refractivity (Wildman–Crippen MR) is 73.5 cm³/mol. The molecule has 1 N–H and O–H groups in total. The second-order valence-corrected chi connectivity index (χ2v) is 4.69. The van der Waals surface area contributed by atoms with Crippen LogP contribution in [0.1, 0.15) is 42.6 Å². The summed E-state index contributed by atoms with van der Waals surface area (Å²) in [6.45, 7) is 6.17. The second-order valence-electron chi connectivity index (χ2n) is 4.69. The first-order chi connectivity index (χ1) is 9.02. The molecule has 1 aromatic carbocycles. The van der Waals surface area contributed by atoms with Gasteiger partial charge in [-0.05, 0) is 30.5 Å². The first-order valence-electron chi connectivity index (χ1n) is 6.33.